The number of hydrogen-bond acceptors (Lipinski definition) is 6. The maximum atomic E-state index is 12.6. The summed E-state index contributed by atoms with van der Waals surface area (Å²) in [5, 5.41) is 11.9. The third-order valence-corrected chi connectivity index (χ3v) is 6.16. The van der Waals surface area contributed by atoms with Crippen LogP contribution in [0.2, 0.25) is 0 Å². The molecule has 2 aromatic rings. The van der Waals surface area contributed by atoms with Gasteiger partial charge in [0.1, 0.15) is 5.75 Å². The average molecular weight is 392 g/mol. The Hall–Kier alpha value is -1.60. The molecule has 0 unspecified atom stereocenters. The lowest BCUT2D eigenvalue weighted by Gasteiger charge is -2.20. The monoisotopic (exact) mass is 391 g/mol. The molecular formula is C19H25N3O2S2. The van der Waals surface area contributed by atoms with E-state index in [4.69, 9.17) is 4.74 Å². The van der Waals surface area contributed by atoms with Gasteiger partial charge in [0.2, 0.25) is 5.13 Å². The van der Waals surface area contributed by atoms with E-state index in [1.807, 2.05) is 13.0 Å². The predicted molar refractivity (Wildman–Crippen MR) is 107 cm³/mol. The molecular weight excluding hydrogens is 366 g/mol. The summed E-state index contributed by atoms with van der Waals surface area (Å²) in [4.78, 5) is 12.6. The number of benzene rings is 1. The summed E-state index contributed by atoms with van der Waals surface area (Å²) in [5.74, 6) is 0.587. The minimum Gasteiger partial charge on any atom is -0.481 e. The van der Waals surface area contributed by atoms with Crippen molar-refractivity contribution in [3.05, 3.63) is 29.3 Å². The smallest absolute Gasteiger partial charge is 0.267 e. The summed E-state index contributed by atoms with van der Waals surface area (Å²) < 4.78 is 6.83. The highest BCUT2D eigenvalue weighted by Crippen LogP contribution is 2.29. The first kappa shape index (κ1) is 19.2. The molecule has 1 aromatic carbocycles. The van der Waals surface area contributed by atoms with E-state index in [9.17, 15) is 4.79 Å². The van der Waals surface area contributed by atoms with Gasteiger partial charge in [-0.15, -0.1) is 10.2 Å². The van der Waals surface area contributed by atoms with Crippen molar-refractivity contribution >= 4 is 34.1 Å². The van der Waals surface area contributed by atoms with E-state index in [0.717, 1.165) is 22.9 Å². The Kier molecular flexibility index (Phi) is 6.53. The van der Waals surface area contributed by atoms with E-state index >= 15 is 0 Å². The molecule has 0 saturated carbocycles. The topological polar surface area (TPSA) is 64.1 Å². The Morgan fingerprint density at radius 1 is 1.27 bits per heavy atom. The van der Waals surface area contributed by atoms with Crippen LogP contribution in [0.25, 0.3) is 0 Å². The van der Waals surface area contributed by atoms with Crippen LogP contribution in [-0.4, -0.2) is 27.5 Å². The van der Waals surface area contributed by atoms with Gasteiger partial charge in [0.25, 0.3) is 5.91 Å². The number of aryl methyl sites for hydroxylation is 2. The minimum atomic E-state index is -0.540. The first-order valence-electron chi connectivity index (χ1n) is 9.14. The third kappa shape index (κ3) is 4.98. The van der Waals surface area contributed by atoms with Crippen LogP contribution in [0.3, 0.4) is 0 Å². The van der Waals surface area contributed by atoms with Crippen molar-refractivity contribution in [3.8, 4) is 5.75 Å². The fourth-order valence-corrected chi connectivity index (χ4v) is 4.94. The van der Waals surface area contributed by atoms with Crippen LogP contribution < -0.4 is 10.1 Å². The van der Waals surface area contributed by atoms with Crippen LogP contribution in [0, 0.1) is 0 Å². The number of ether oxygens (including phenoxy) is 1. The van der Waals surface area contributed by atoms with Gasteiger partial charge < -0.3 is 4.74 Å². The molecule has 0 spiro atoms. The highest BCUT2D eigenvalue weighted by atomic mass is 32.2. The standard InChI is InChI=1S/C19H25N3O2S2/c1-4-16(17(23)20-18-21-22-19(26-18)25-12(2)3)24-15-10-9-13-7-5-6-8-14(13)11-15/h9-12,16H,4-8H2,1-3H3,(H,20,21,23)/t16-/m1/s1. The summed E-state index contributed by atoms with van der Waals surface area (Å²) in [6.45, 7) is 6.15. The van der Waals surface area contributed by atoms with Crippen LogP contribution in [0.1, 0.15) is 51.2 Å². The molecule has 7 heteroatoms. The first-order chi connectivity index (χ1) is 12.5. The molecule has 0 saturated heterocycles. The Balaban J connectivity index is 1.62. The Morgan fingerprint density at radius 3 is 2.77 bits per heavy atom. The number of fused-ring (bicyclic) bond motifs is 1. The van der Waals surface area contributed by atoms with Gasteiger partial charge in [0.05, 0.1) is 0 Å². The highest BCUT2D eigenvalue weighted by molar-refractivity contribution is 8.01. The molecule has 140 valence electrons. The van der Waals surface area contributed by atoms with Crippen LogP contribution in [0.5, 0.6) is 5.75 Å². The second-order valence-corrected chi connectivity index (χ2v) is 9.48. The molecule has 5 nitrogen and oxygen atoms in total. The number of carbonyl (C=O) groups is 1. The Bertz CT molecular complexity index is 761. The number of nitrogens with zero attached hydrogens (tertiary/aromatic N) is 2. The van der Waals surface area contributed by atoms with Gasteiger partial charge in [0.15, 0.2) is 10.4 Å². The Morgan fingerprint density at radius 2 is 2.04 bits per heavy atom. The van der Waals surface area contributed by atoms with Crippen LogP contribution in [0.4, 0.5) is 5.13 Å². The van der Waals surface area contributed by atoms with E-state index in [0.29, 0.717) is 16.8 Å². The number of aromatic nitrogens is 2. The van der Waals surface area contributed by atoms with Gasteiger partial charge in [-0.25, -0.2) is 0 Å². The zero-order valence-electron chi connectivity index (χ0n) is 15.4. The normalized spacial score (nSPS) is 14.8. The summed E-state index contributed by atoms with van der Waals surface area (Å²) in [6.07, 6.45) is 4.77. The number of nitrogens with one attached hydrogen (secondary N) is 1. The third-order valence-electron chi connectivity index (χ3n) is 4.23. The van der Waals surface area contributed by atoms with Gasteiger partial charge in [-0.2, -0.15) is 0 Å². The molecule has 1 atom stereocenters. The molecule has 1 aliphatic carbocycles. The largest absolute Gasteiger partial charge is 0.481 e. The number of amides is 1. The van der Waals surface area contributed by atoms with Crippen molar-refractivity contribution in [2.45, 2.75) is 68.6 Å². The molecule has 1 aromatic heterocycles. The van der Waals surface area contributed by atoms with Crippen molar-refractivity contribution in [2.24, 2.45) is 0 Å². The van der Waals surface area contributed by atoms with E-state index in [-0.39, 0.29) is 5.91 Å². The van der Waals surface area contributed by atoms with Gasteiger partial charge in [0, 0.05) is 5.25 Å². The van der Waals surface area contributed by atoms with Gasteiger partial charge in [-0.3, -0.25) is 10.1 Å². The second kappa shape index (κ2) is 8.86. The molecule has 0 radical (unpaired) electrons. The molecule has 1 heterocycles. The highest BCUT2D eigenvalue weighted by Gasteiger charge is 2.21. The van der Waals surface area contributed by atoms with Crippen LogP contribution >= 0.6 is 23.1 Å². The number of anilines is 1. The average Bonchev–Trinajstić information content (AvgIpc) is 3.05. The van der Waals surface area contributed by atoms with Crippen molar-refractivity contribution in [1.82, 2.24) is 10.2 Å². The molecule has 1 aliphatic rings. The number of hydrogen-bond donors (Lipinski definition) is 1. The van der Waals surface area contributed by atoms with E-state index < -0.39 is 6.10 Å². The summed E-state index contributed by atoms with van der Waals surface area (Å²) >= 11 is 3.03. The van der Waals surface area contributed by atoms with Crippen molar-refractivity contribution in [2.75, 3.05) is 5.32 Å². The summed E-state index contributed by atoms with van der Waals surface area (Å²) in [6, 6.07) is 6.20. The fourth-order valence-electron chi connectivity index (χ4n) is 2.97. The minimum absolute atomic E-state index is 0.178. The molecule has 26 heavy (non-hydrogen) atoms. The maximum Gasteiger partial charge on any atom is 0.267 e. The van der Waals surface area contributed by atoms with Crippen molar-refractivity contribution in [1.29, 1.82) is 0 Å². The van der Waals surface area contributed by atoms with Gasteiger partial charge in [-0.1, -0.05) is 49.9 Å². The quantitative estimate of drug-likeness (QED) is 0.547. The summed E-state index contributed by atoms with van der Waals surface area (Å²) in [7, 11) is 0. The Labute approximate surface area is 162 Å². The van der Waals surface area contributed by atoms with Crippen LogP contribution in [-0.2, 0) is 17.6 Å². The van der Waals surface area contributed by atoms with Gasteiger partial charge in [-0.05, 0) is 55.4 Å². The van der Waals surface area contributed by atoms with E-state index in [1.165, 1.54) is 35.3 Å². The first-order valence-corrected chi connectivity index (χ1v) is 10.8. The van der Waals surface area contributed by atoms with Gasteiger partial charge >= 0.3 is 0 Å². The molecule has 0 bridgehead atoms. The lowest BCUT2D eigenvalue weighted by Crippen LogP contribution is -2.32. The van der Waals surface area contributed by atoms with Crippen LogP contribution in [0.15, 0.2) is 22.5 Å². The van der Waals surface area contributed by atoms with Crippen molar-refractivity contribution < 1.29 is 9.53 Å². The molecule has 0 fully saturated rings. The zero-order valence-corrected chi connectivity index (χ0v) is 17.1. The lowest BCUT2D eigenvalue weighted by molar-refractivity contribution is -0.122. The second-order valence-electron chi connectivity index (χ2n) is 6.68. The predicted octanol–water partition coefficient (Wildman–Crippen LogP) is 4.71. The lowest BCUT2D eigenvalue weighted by atomic mass is 9.92. The molecule has 3 rings (SSSR count). The molecule has 1 N–H and O–H groups in total. The number of carbonyl (C=O) groups excluding carboxylic acids is 1. The van der Waals surface area contributed by atoms with E-state index in [1.54, 1.807) is 11.8 Å². The number of thioether (sulfide) groups is 1. The van der Waals surface area contributed by atoms with Crippen molar-refractivity contribution in [3.63, 3.8) is 0 Å². The maximum absolute atomic E-state index is 12.6. The fraction of sp³-hybridized carbons (Fsp3) is 0.526. The molecule has 1 amide bonds. The number of rotatable bonds is 7. The summed E-state index contributed by atoms with van der Waals surface area (Å²) in [5.41, 5.74) is 2.76. The zero-order chi connectivity index (χ0) is 18.5. The SMILES string of the molecule is CC[C@@H](Oc1ccc2c(c1)CCCC2)C(=O)Nc1nnc(SC(C)C)s1. The molecule has 0 aliphatic heterocycles. The van der Waals surface area contributed by atoms with E-state index in [2.05, 4.69) is 41.5 Å².